The van der Waals surface area contributed by atoms with Crippen molar-refractivity contribution in [2.75, 3.05) is 12.0 Å². The zero-order chi connectivity index (χ0) is 23.9. The van der Waals surface area contributed by atoms with E-state index >= 15 is 0 Å². The summed E-state index contributed by atoms with van der Waals surface area (Å²) < 4.78 is 7.31. The Balaban J connectivity index is 1.75. The monoisotopic (exact) mass is 459 g/mol. The van der Waals surface area contributed by atoms with Crippen molar-refractivity contribution in [3.63, 3.8) is 0 Å². The van der Waals surface area contributed by atoms with Crippen molar-refractivity contribution in [2.24, 2.45) is 0 Å². The lowest BCUT2D eigenvalue weighted by Crippen LogP contribution is -2.54. The van der Waals surface area contributed by atoms with E-state index in [9.17, 15) is 9.59 Å². The molecule has 2 amide bonds. The first-order valence-electron chi connectivity index (χ1n) is 10.5. The molecule has 3 aromatic rings. The van der Waals surface area contributed by atoms with Gasteiger partial charge in [0.05, 0.1) is 12.8 Å². The molecule has 0 saturated carbocycles. The molecule has 0 bridgehead atoms. The van der Waals surface area contributed by atoms with Crippen LogP contribution < -0.4 is 15.0 Å². The molecule has 6 nitrogen and oxygen atoms in total. The maximum Gasteiger partial charge on any atom is 0.270 e. The second kappa shape index (κ2) is 8.67. The van der Waals surface area contributed by atoms with E-state index in [1.54, 1.807) is 37.5 Å². The fourth-order valence-corrected chi connectivity index (χ4v) is 4.47. The first-order valence-corrected chi connectivity index (χ1v) is 10.9. The van der Waals surface area contributed by atoms with Crippen LogP contribution in [0.5, 0.6) is 5.75 Å². The largest absolute Gasteiger partial charge is 0.497 e. The molecular formula is C26H25N3O3S. The van der Waals surface area contributed by atoms with Crippen molar-refractivity contribution < 1.29 is 14.3 Å². The molecule has 168 valence electrons. The topological polar surface area (TPSA) is 63.6 Å². The number of thiocarbonyl (C=S) groups is 1. The van der Waals surface area contributed by atoms with Crippen LogP contribution in [-0.2, 0) is 9.59 Å². The molecule has 1 aliphatic rings. The van der Waals surface area contributed by atoms with Gasteiger partial charge in [0.15, 0.2) is 5.11 Å². The standard InChI is InChI=1S/C26H25N3O3S/c1-15-10-16(2)12-21(11-15)28-17(3)13-19(18(28)4)14-23-24(30)27-26(33)29(25(23)31)20-6-8-22(32-5)9-7-20/h6-14H,1-5H3,(H,27,30,33)/b23-14+. The molecular weight excluding hydrogens is 434 g/mol. The molecule has 1 saturated heterocycles. The predicted molar refractivity (Wildman–Crippen MR) is 134 cm³/mol. The van der Waals surface area contributed by atoms with Gasteiger partial charge in [0.2, 0.25) is 0 Å². The summed E-state index contributed by atoms with van der Waals surface area (Å²) in [5.41, 5.74) is 6.72. The average Bonchev–Trinajstić information content (AvgIpc) is 3.03. The molecule has 2 heterocycles. The highest BCUT2D eigenvalue weighted by molar-refractivity contribution is 7.80. The number of benzene rings is 2. The summed E-state index contributed by atoms with van der Waals surface area (Å²) in [5.74, 6) is -0.316. The minimum atomic E-state index is -0.508. The average molecular weight is 460 g/mol. The van der Waals surface area contributed by atoms with E-state index in [4.69, 9.17) is 17.0 Å². The molecule has 7 heteroatoms. The van der Waals surface area contributed by atoms with Crippen LogP contribution in [0.2, 0.25) is 0 Å². The van der Waals surface area contributed by atoms with E-state index < -0.39 is 11.8 Å². The number of carbonyl (C=O) groups is 2. The number of methoxy groups -OCH3 is 1. The SMILES string of the molecule is COc1ccc(N2C(=O)/C(=C/c3cc(C)n(-c4cc(C)cc(C)c4)c3C)C(=O)NC2=S)cc1. The van der Waals surface area contributed by atoms with Crippen LogP contribution >= 0.6 is 12.2 Å². The van der Waals surface area contributed by atoms with E-state index in [1.807, 2.05) is 19.9 Å². The smallest absolute Gasteiger partial charge is 0.270 e. The zero-order valence-electron chi connectivity index (χ0n) is 19.2. The van der Waals surface area contributed by atoms with E-state index in [-0.39, 0.29) is 10.7 Å². The number of aromatic nitrogens is 1. The fraction of sp³-hybridized carbons (Fsp3) is 0.192. The zero-order valence-corrected chi connectivity index (χ0v) is 20.0. The van der Waals surface area contributed by atoms with Gasteiger partial charge in [-0.05, 0) is 105 Å². The van der Waals surface area contributed by atoms with Crippen molar-refractivity contribution in [1.29, 1.82) is 0 Å². The maximum absolute atomic E-state index is 13.3. The van der Waals surface area contributed by atoms with Crippen molar-refractivity contribution >= 4 is 40.9 Å². The first kappa shape index (κ1) is 22.5. The Bertz CT molecular complexity index is 1300. The van der Waals surface area contributed by atoms with Gasteiger partial charge in [0.1, 0.15) is 11.3 Å². The highest BCUT2D eigenvalue weighted by Gasteiger charge is 2.34. The highest BCUT2D eigenvalue weighted by Crippen LogP contribution is 2.27. The second-order valence-electron chi connectivity index (χ2n) is 8.16. The number of nitrogens with zero attached hydrogens (tertiary/aromatic N) is 2. The van der Waals surface area contributed by atoms with Gasteiger partial charge in [-0.15, -0.1) is 0 Å². The summed E-state index contributed by atoms with van der Waals surface area (Å²) in [5, 5.41) is 2.69. The summed E-state index contributed by atoms with van der Waals surface area (Å²) in [6.07, 6.45) is 1.64. The number of hydrogen-bond donors (Lipinski definition) is 1. The lowest BCUT2D eigenvalue weighted by Gasteiger charge is -2.29. The van der Waals surface area contributed by atoms with Gasteiger partial charge in [-0.1, -0.05) is 6.07 Å². The van der Waals surface area contributed by atoms with Crippen LogP contribution in [0.15, 0.2) is 54.1 Å². The van der Waals surface area contributed by atoms with Crippen LogP contribution in [0.1, 0.15) is 28.1 Å². The molecule has 0 spiro atoms. The van der Waals surface area contributed by atoms with Crippen molar-refractivity contribution in [3.8, 4) is 11.4 Å². The summed E-state index contributed by atoms with van der Waals surface area (Å²) in [7, 11) is 1.57. The number of ether oxygens (including phenoxy) is 1. The minimum Gasteiger partial charge on any atom is -0.497 e. The van der Waals surface area contributed by atoms with Gasteiger partial charge in [-0.25, -0.2) is 0 Å². The Labute approximate surface area is 198 Å². The summed E-state index contributed by atoms with van der Waals surface area (Å²) in [6.45, 7) is 8.12. The summed E-state index contributed by atoms with van der Waals surface area (Å²) >= 11 is 5.29. The molecule has 4 rings (SSSR count). The molecule has 1 aromatic heterocycles. The number of carbonyl (C=O) groups excluding carboxylic acids is 2. The second-order valence-corrected chi connectivity index (χ2v) is 8.55. The molecule has 0 atom stereocenters. The Morgan fingerprint density at radius 2 is 1.55 bits per heavy atom. The van der Waals surface area contributed by atoms with E-state index in [1.165, 1.54) is 16.0 Å². The number of nitrogens with one attached hydrogen (secondary N) is 1. The lowest BCUT2D eigenvalue weighted by molar-refractivity contribution is -0.122. The number of anilines is 1. The third-order valence-corrected chi connectivity index (χ3v) is 5.95. The number of rotatable bonds is 4. The fourth-order valence-electron chi connectivity index (χ4n) is 4.19. The van der Waals surface area contributed by atoms with Gasteiger partial charge >= 0.3 is 0 Å². The molecule has 0 radical (unpaired) electrons. The van der Waals surface area contributed by atoms with E-state index in [0.717, 1.165) is 22.6 Å². The van der Waals surface area contributed by atoms with Crippen molar-refractivity contribution in [1.82, 2.24) is 9.88 Å². The molecule has 1 fully saturated rings. The van der Waals surface area contributed by atoms with Crippen molar-refractivity contribution in [3.05, 3.63) is 82.2 Å². The van der Waals surface area contributed by atoms with Gasteiger partial charge in [-0.2, -0.15) is 0 Å². The maximum atomic E-state index is 13.3. The Kier molecular flexibility index (Phi) is 5.91. The predicted octanol–water partition coefficient (Wildman–Crippen LogP) is 4.55. The summed E-state index contributed by atoms with van der Waals surface area (Å²) in [6, 6.07) is 15.3. The van der Waals surface area contributed by atoms with Gasteiger partial charge in [0.25, 0.3) is 11.8 Å². The molecule has 1 aliphatic heterocycles. The van der Waals surface area contributed by atoms with Crippen LogP contribution in [0, 0.1) is 27.7 Å². The molecule has 2 aromatic carbocycles. The third kappa shape index (κ3) is 4.19. The Morgan fingerprint density at radius 1 is 0.909 bits per heavy atom. The van der Waals surface area contributed by atoms with E-state index in [2.05, 4.69) is 41.9 Å². The van der Waals surface area contributed by atoms with Crippen LogP contribution in [-0.4, -0.2) is 28.6 Å². The molecule has 0 aliphatic carbocycles. The van der Waals surface area contributed by atoms with E-state index in [0.29, 0.717) is 11.4 Å². The van der Waals surface area contributed by atoms with Crippen LogP contribution in [0.3, 0.4) is 0 Å². The quantitative estimate of drug-likeness (QED) is 0.353. The van der Waals surface area contributed by atoms with Gasteiger partial charge < -0.3 is 9.30 Å². The van der Waals surface area contributed by atoms with Crippen molar-refractivity contribution in [2.45, 2.75) is 27.7 Å². The third-order valence-electron chi connectivity index (χ3n) is 5.67. The number of aryl methyl sites for hydroxylation is 3. The summed E-state index contributed by atoms with van der Waals surface area (Å²) in [4.78, 5) is 27.4. The Hall–Kier alpha value is -3.71. The van der Waals surface area contributed by atoms with Crippen LogP contribution in [0.4, 0.5) is 5.69 Å². The van der Waals surface area contributed by atoms with Gasteiger partial charge in [0, 0.05) is 17.1 Å². The Morgan fingerprint density at radius 3 is 2.15 bits per heavy atom. The molecule has 33 heavy (non-hydrogen) atoms. The normalized spacial score (nSPS) is 15.2. The highest BCUT2D eigenvalue weighted by atomic mass is 32.1. The van der Waals surface area contributed by atoms with Gasteiger partial charge in [-0.3, -0.25) is 19.8 Å². The first-order chi connectivity index (χ1) is 15.7. The molecule has 1 N–H and O–H groups in total. The van der Waals surface area contributed by atoms with Crippen LogP contribution in [0.25, 0.3) is 11.8 Å². The lowest BCUT2D eigenvalue weighted by atomic mass is 10.1. The number of amides is 2. The minimum absolute atomic E-state index is 0.0279. The number of hydrogen-bond acceptors (Lipinski definition) is 4. The molecule has 0 unspecified atom stereocenters.